The molecule has 4 atom stereocenters. The number of carboxylic acid groups (broad SMARTS) is 1. The standard InChI is InChI=1S/C18H22BN3O6/c20-17(23)13-3-8(5-21-13)22-6-9(7-22)27-14-2-1-10-11-4-12(11)19(26)28-16(10)15(14)18(24)25/h1-2,8-9,11-13,21,26H,3-7H2,(H2,20,23)(H,24,25)/t8-,11+,12+,13-/m1/s1. The van der Waals surface area contributed by atoms with Crippen molar-refractivity contribution >= 4 is 19.0 Å². The molecule has 1 aromatic carbocycles. The molecule has 4 aliphatic rings. The van der Waals surface area contributed by atoms with Gasteiger partial charge in [-0.3, -0.25) is 9.69 Å². The van der Waals surface area contributed by atoms with Crippen molar-refractivity contribution in [2.45, 2.75) is 42.8 Å². The Morgan fingerprint density at radius 3 is 2.79 bits per heavy atom. The third kappa shape index (κ3) is 2.83. The average Bonchev–Trinajstić information content (AvgIpc) is 3.27. The summed E-state index contributed by atoms with van der Waals surface area (Å²) in [7, 11) is -0.960. The molecule has 5 rings (SSSR count). The Bertz CT molecular complexity index is 845. The molecule has 28 heavy (non-hydrogen) atoms. The zero-order valence-electron chi connectivity index (χ0n) is 15.2. The van der Waals surface area contributed by atoms with Gasteiger partial charge in [-0.15, -0.1) is 0 Å². The summed E-state index contributed by atoms with van der Waals surface area (Å²) in [6.45, 7) is 2.01. The minimum absolute atomic E-state index is 0.0170. The second-order valence-corrected chi connectivity index (χ2v) is 8.12. The Morgan fingerprint density at radius 1 is 1.32 bits per heavy atom. The van der Waals surface area contributed by atoms with Gasteiger partial charge < -0.3 is 30.6 Å². The maximum Gasteiger partial charge on any atom is 0.526 e. The number of carbonyl (C=O) groups is 2. The van der Waals surface area contributed by atoms with Gasteiger partial charge >= 0.3 is 13.1 Å². The number of nitrogens with one attached hydrogen (secondary N) is 1. The van der Waals surface area contributed by atoms with Gasteiger partial charge in [0.05, 0.1) is 6.04 Å². The second-order valence-electron chi connectivity index (χ2n) is 8.12. The first-order valence-electron chi connectivity index (χ1n) is 9.60. The van der Waals surface area contributed by atoms with Gasteiger partial charge in [0, 0.05) is 31.5 Å². The van der Waals surface area contributed by atoms with Crippen LogP contribution >= 0.6 is 0 Å². The molecule has 0 aromatic heterocycles. The number of amides is 1. The van der Waals surface area contributed by atoms with Gasteiger partial charge in [-0.1, -0.05) is 6.07 Å². The van der Waals surface area contributed by atoms with E-state index in [4.69, 9.17) is 15.1 Å². The molecule has 5 N–H and O–H groups in total. The molecule has 1 aromatic rings. The van der Waals surface area contributed by atoms with Crippen LogP contribution in [0.1, 0.15) is 34.7 Å². The summed E-state index contributed by atoms with van der Waals surface area (Å²) in [5.41, 5.74) is 6.16. The number of ether oxygens (including phenoxy) is 1. The van der Waals surface area contributed by atoms with Crippen LogP contribution in [0.25, 0.3) is 0 Å². The lowest BCUT2D eigenvalue weighted by Gasteiger charge is -2.42. The summed E-state index contributed by atoms with van der Waals surface area (Å²) in [5, 5.41) is 22.8. The van der Waals surface area contributed by atoms with E-state index in [1.807, 2.05) is 6.07 Å². The van der Waals surface area contributed by atoms with Crippen molar-refractivity contribution in [2.24, 2.45) is 5.73 Å². The third-order valence-electron chi connectivity index (χ3n) is 6.35. The van der Waals surface area contributed by atoms with Gasteiger partial charge in [0.1, 0.15) is 23.2 Å². The molecule has 3 fully saturated rings. The van der Waals surface area contributed by atoms with Crippen LogP contribution in [0.2, 0.25) is 5.82 Å². The molecule has 1 aliphatic carbocycles. The minimum Gasteiger partial charge on any atom is -0.535 e. The van der Waals surface area contributed by atoms with E-state index in [9.17, 15) is 19.7 Å². The molecule has 1 amide bonds. The third-order valence-corrected chi connectivity index (χ3v) is 6.35. The van der Waals surface area contributed by atoms with E-state index in [1.165, 1.54) is 0 Å². The maximum atomic E-state index is 11.9. The normalized spacial score (nSPS) is 31.4. The lowest BCUT2D eigenvalue weighted by atomic mass is 9.77. The van der Waals surface area contributed by atoms with E-state index in [0.29, 0.717) is 26.1 Å². The van der Waals surface area contributed by atoms with Crippen molar-refractivity contribution in [1.29, 1.82) is 0 Å². The summed E-state index contributed by atoms with van der Waals surface area (Å²) in [5.74, 6) is -0.739. The van der Waals surface area contributed by atoms with Crippen molar-refractivity contribution in [1.82, 2.24) is 10.2 Å². The molecule has 148 valence electrons. The van der Waals surface area contributed by atoms with Gasteiger partial charge in [0.25, 0.3) is 0 Å². The molecule has 3 aliphatic heterocycles. The molecule has 0 radical (unpaired) electrons. The fourth-order valence-electron chi connectivity index (χ4n) is 4.63. The maximum absolute atomic E-state index is 11.9. The number of hydrogen-bond donors (Lipinski definition) is 4. The summed E-state index contributed by atoms with van der Waals surface area (Å²) in [4.78, 5) is 25.4. The van der Waals surface area contributed by atoms with E-state index in [0.717, 1.165) is 12.0 Å². The van der Waals surface area contributed by atoms with Gasteiger partial charge in [0.2, 0.25) is 5.91 Å². The number of aromatic carboxylic acids is 1. The predicted octanol–water partition coefficient (Wildman–Crippen LogP) is -0.606. The largest absolute Gasteiger partial charge is 0.535 e. The Kier molecular flexibility index (Phi) is 4.04. The van der Waals surface area contributed by atoms with Crippen LogP contribution in [0.15, 0.2) is 12.1 Å². The number of carboxylic acids is 1. The number of likely N-dealkylation sites (tertiary alicyclic amines) is 1. The Morgan fingerprint density at radius 2 is 2.11 bits per heavy atom. The summed E-state index contributed by atoms with van der Waals surface area (Å²) >= 11 is 0. The van der Waals surface area contributed by atoms with Crippen LogP contribution in [-0.4, -0.2) is 71.8 Å². The topological polar surface area (TPSA) is 134 Å². The minimum atomic E-state index is -1.13. The van der Waals surface area contributed by atoms with E-state index in [1.54, 1.807) is 6.07 Å². The predicted molar refractivity (Wildman–Crippen MR) is 98.5 cm³/mol. The van der Waals surface area contributed by atoms with Crippen molar-refractivity contribution < 1.29 is 29.1 Å². The first kappa shape index (κ1) is 17.8. The number of hydrogen-bond acceptors (Lipinski definition) is 7. The first-order valence-corrected chi connectivity index (χ1v) is 9.60. The molecule has 9 nitrogen and oxygen atoms in total. The SMILES string of the molecule is NC(=O)[C@H]1C[C@@H](N2CC(Oc3ccc4c(c3C(=O)O)OB(O)[C@H]3C[C@@H]43)C2)CN1. The second kappa shape index (κ2) is 6.36. The van der Waals surface area contributed by atoms with E-state index >= 15 is 0 Å². The van der Waals surface area contributed by atoms with E-state index in [-0.39, 0.29) is 52.9 Å². The summed E-state index contributed by atoms with van der Waals surface area (Å²) in [6, 6.07) is 3.48. The monoisotopic (exact) mass is 387 g/mol. The van der Waals surface area contributed by atoms with Crippen LogP contribution in [-0.2, 0) is 4.79 Å². The lowest BCUT2D eigenvalue weighted by Crippen LogP contribution is -2.58. The molecular weight excluding hydrogens is 365 g/mol. The Hall–Kier alpha value is -2.30. The number of fused-ring (bicyclic) bond motifs is 3. The van der Waals surface area contributed by atoms with Crippen LogP contribution in [0.5, 0.6) is 11.5 Å². The smallest absolute Gasteiger partial charge is 0.526 e. The molecule has 2 saturated heterocycles. The van der Waals surface area contributed by atoms with Gasteiger partial charge in [-0.25, -0.2) is 4.79 Å². The van der Waals surface area contributed by atoms with Gasteiger partial charge in [-0.05, 0) is 30.4 Å². The number of carbonyl (C=O) groups excluding carboxylic acids is 1. The fourth-order valence-corrected chi connectivity index (χ4v) is 4.63. The molecular formula is C18H22BN3O6. The van der Waals surface area contributed by atoms with Crippen LogP contribution in [0.4, 0.5) is 0 Å². The van der Waals surface area contributed by atoms with Gasteiger partial charge in [-0.2, -0.15) is 0 Å². The fraction of sp³-hybridized carbons (Fsp3) is 0.556. The molecule has 3 heterocycles. The van der Waals surface area contributed by atoms with Crippen molar-refractivity contribution in [3.05, 3.63) is 23.3 Å². The lowest BCUT2D eigenvalue weighted by molar-refractivity contribution is -0.119. The number of primary amides is 1. The number of benzene rings is 1. The summed E-state index contributed by atoms with van der Waals surface area (Å²) < 4.78 is 11.5. The van der Waals surface area contributed by atoms with Crippen molar-refractivity contribution in [3.8, 4) is 11.5 Å². The number of nitrogens with two attached hydrogens (primary N) is 1. The summed E-state index contributed by atoms with van der Waals surface area (Å²) in [6.07, 6.45) is 1.36. The highest BCUT2D eigenvalue weighted by Gasteiger charge is 2.54. The van der Waals surface area contributed by atoms with Crippen LogP contribution in [0.3, 0.4) is 0 Å². The molecule has 0 bridgehead atoms. The highest BCUT2D eigenvalue weighted by molar-refractivity contribution is 6.48. The average molecular weight is 387 g/mol. The van der Waals surface area contributed by atoms with Crippen molar-refractivity contribution in [2.75, 3.05) is 19.6 Å². The molecule has 0 unspecified atom stereocenters. The molecule has 0 spiro atoms. The van der Waals surface area contributed by atoms with Crippen LogP contribution < -0.4 is 20.4 Å². The Labute approximate surface area is 161 Å². The van der Waals surface area contributed by atoms with Gasteiger partial charge in [0.15, 0.2) is 0 Å². The number of nitrogens with zero attached hydrogens (tertiary/aromatic N) is 1. The highest BCUT2D eigenvalue weighted by Crippen LogP contribution is 2.60. The zero-order chi connectivity index (χ0) is 19.6. The molecule has 1 saturated carbocycles. The Balaban J connectivity index is 1.28. The zero-order valence-corrected chi connectivity index (χ0v) is 15.2. The van der Waals surface area contributed by atoms with E-state index in [2.05, 4.69) is 10.2 Å². The van der Waals surface area contributed by atoms with E-state index < -0.39 is 13.1 Å². The first-order chi connectivity index (χ1) is 13.4. The quantitative estimate of drug-likeness (QED) is 0.492. The highest BCUT2D eigenvalue weighted by atomic mass is 16.5. The number of rotatable bonds is 5. The molecule has 10 heteroatoms. The van der Waals surface area contributed by atoms with Crippen LogP contribution in [0, 0.1) is 0 Å². The van der Waals surface area contributed by atoms with Crippen molar-refractivity contribution in [3.63, 3.8) is 0 Å².